The minimum atomic E-state index is 0.200. The molecule has 1 saturated carbocycles. The second kappa shape index (κ2) is 3.59. The molecule has 0 bridgehead atoms. The predicted molar refractivity (Wildman–Crippen MR) is 54.8 cm³/mol. The van der Waals surface area contributed by atoms with Crippen LogP contribution in [-0.2, 0) is 0 Å². The van der Waals surface area contributed by atoms with Gasteiger partial charge in [-0.3, -0.25) is 4.99 Å². The molecule has 0 heterocycles. The molecule has 0 saturated heterocycles. The van der Waals surface area contributed by atoms with Crippen LogP contribution in [-0.4, -0.2) is 12.3 Å². The molecule has 0 aliphatic heterocycles. The third-order valence-corrected chi connectivity index (χ3v) is 3.43. The van der Waals surface area contributed by atoms with E-state index in [2.05, 4.69) is 32.5 Å². The van der Waals surface area contributed by atoms with Gasteiger partial charge >= 0.3 is 0 Å². The highest BCUT2D eigenvalue weighted by atomic mass is 14.8. The van der Waals surface area contributed by atoms with Crippen LogP contribution in [0.3, 0.4) is 0 Å². The van der Waals surface area contributed by atoms with E-state index < -0.39 is 0 Å². The van der Waals surface area contributed by atoms with Gasteiger partial charge in [0.25, 0.3) is 0 Å². The Hall–Kier alpha value is -0.330. The maximum absolute atomic E-state index is 4.22. The maximum Gasteiger partial charge on any atom is 0.0573 e. The van der Waals surface area contributed by atoms with Crippen molar-refractivity contribution in [2.45, 2.75) is 52.0 Å². The van der Waals surface area contributed by atoms with E-state index in [0.29, 0.717) is 0 Å². The molecular weight excluding hydrogens is 146 g/mol. The van der Waals surface area contributed by atoms with Crippen LogP contribution in [0.25, 0.3) is 0 Å². The normalized spacial score (nSPS) is 36.8. The molecule has 0 spiro atoms. The lowest BCUT2D eigenvalue weighted by molar-refractivity contribution is 0.210. The SMILES string of the molecule is C=NC1(C)CCC(C(C)C)CC1. The molecule has 1 heteroatoms. The largest absolute Gasteiger partial charge is 0.295 e. The fourth-order valence-corrected chi connectivity index (χ4v) is 2.09. The first-order valence-corrected chi connectivity index (χ1v) is 5.05. The molecule has 0 radical (unpaired) electrons. The van der Waals surface area contributed by atoms with Gasteiger partial charge in [0.05, 0.1) is 5.54 Å². The standard InChI is InChI=1S/C11H21N/c1-9(2)10-5-7-11(3,12-4)8-6-10/h9-10H,4-8H2,1-3H3. The molecule has 1 nitrogen and oxygen atoms in total. The Morgan fingerprint density at radius 3 is 2.17 bits per heavy atom. The molecule has 0 unspecified atom stereocenters. The summed E-state index contributed by atoms with van der Waals surface area (Å²) < 4.78 is 0. The molecule has 0 aromatic heterocycles. The summed E-state index contributed by atoms with van der Waals surface area (Å²) in [6, 6.07) is 0. The average Bonchev–Trinajstić information content (AvgIpc) is 2.05. The van der Waals surface area contributed by atoms with E-state index in [0.717, 1.165) is 11.8 Å². The van der Waals surface area contributed by atoms with Gasteiger partial charge < -0.3 is 0 Å². The highest BCUT2D eigenvalue weighted by Gasteiger charge is 2.30. The van der Waals surface area contributed by atoms with Gasteiger partial charge in [0.1, 0.15) is 0 Å². The van der Waals surface area contributed by atoms with E-state index in [9.17, 15) is 0 Å². The van der Waals surface area contributed by atoms with Crippen molar-refractivity contribution in [3.05, 3.63) is 0 Å². The molecule has 1 aliphatic rings. The highest BCUT2D eigenvalue weighted by Crippen LogP contribution is 2.37. The van der Waals surface area contributed by atoms with Crippen LogP contribution >= 0.6 is 0 Å². The minimum Gasteiger partial charge on any atom is -0.295 e. The Balaban J connectivity index is 2.44. The van der Waals surface area contributed by atoms with Crippen LogP contribution in [0.4, 0.5) is 0 Å². The summed E-state index contributed by atoms with van der Waals surface area (Å²) in [4.78, 5) is 4.22. The molecule has 0 atom stereocenters. The van der Waals surface area contributed by atoms with Crippen molar-refractivity contribution >= 4 is 6.72 Å². The van der Waals surface area contributed by atoms with Gasteiger partial charge in [0, 0.05) is 0 Å². The Kier molecular flexibility index (Phi) is 2.92. The van der Waals surface area contributed by atoms with Gasteiger partial charge in [-0.2, -0.15) is 0 Å². The number of rotatable bonds is 2. The van der Waals surface area contributed by atoms with E-state index in [1.165, 1.54) is 25.7 Å². The van der Waals surface area contributed by atoms with Gasteiger partial charge in [-0.05, 0) is 51.2 Å². The minimum absolute atomic E-state index is 0.200. The van der Waals surface area contributed by atoms with Crippen molar-refractivity contribution in [1.29, 1.82) is 0 Å². The third-order valence-electron chi connectivity index (χ3n) is 3.43. The first kappa shape index (κ1) is 9.76. The van der Waals surface area contributed by atoms with E-state index in [1.54, 1.807) is 0 Å². The summed E-state index contributed by atoms with van der Waals surface area (Å²) in [5.74, 6) is 1.78. The van der Waals surface area contributed by atoms with Crippen molar-refractivity contribution < 1.29 is 0 Å². The van der Waals surface area contributed by atoms with Crippen molar-refractivity contribution in [3.63, 3.8) is 0 Å². The lowest BCUT2D eigenvalue weighted by atomic mass is 9.74. The lowest BCUT2D eigenvalue weighted by Crippen LogP contribution is -2.30. The van der Waals surface area contributed by atoms with E-state index in [1.807, 2.05) is 0 Å². The Labute approximate surface area is 76.3 Å². The number of nitrogens with zero attached hydrogens (tertiary/aromatic N) is 1. The number of aliphatic imine (C=N–C) groups is 1. The fraction of sp³-hybridized carbons (Fsp3) is 0.909. The van der Waals surface area contributed by atoms with Crippen molar-refractivity contribution in [1.82, 2.24) is 0 Å². The van der Waals surface area contributed by atoms with Gasteiger partial charge in [-0.25, -0.2) is 0 Å². The first-order valence-electron chi connectivity index (χ1n) is 5.05. The topological polar surface area (TPSA) is 12.4 Å². The average molecular weight is 167 g/mol. The zero-order chi connectivity index (χ0) is 9.19. The molecular formula is C11H21N. The van der Waals surface area contributed by atoms with Crippen LogP contribution in [0.1, 0.15) is 46.5 Å². The monoisotopic (exact) mass is 167 g/mol. The summed E-state index contributed by atoms with van der Waals surface area (Å²) in [6.07, 6.45) is 5.15. The van der Waals surface area contributed by atoms with Crippen LogP contribution in [0, 0.1) is 11.8 Å². The molecule has 1 rings (SSSR count). The van der Waals surface area contributed by atoms with Crippen molar-refractivity contribution in [2.75, 3.05) is 0 Å². The zero-order valence-corrected chi connectivity index (χ0v) is 8.64. The number of hydrogen-bond acceptors (Lipinski definition) is 1. The predicted octanol–water partition coefficient (Wildman–Crippen LogP) is 3.29. The van der Waals surface area contributed by atoms with E-state index in [4.69, 9.17) is 0 Å². The summed E-state index contributed by atoms with van der Waals surface area (Å²) in [5.41, 5.74) is 0.200. The molecule has 1 aliphatic carbocycles. The molecule has 70 valence electrons. The summed E-state index contributed by atoms with van der Waals surface area (Å²) in [6.45, 7) is 10.6. The molecule has 0 amide bonds. The maximum atomic E-state index is 4.22. The summed E-state index contributed by atoms with van der Waals surface area (Å²) in [5, 5.41) is 0. The highest BCUT2D eigenvalue weighted by molar-refractivity contribution is 5.26. The lowest BCUT2D eigenvalue weighted by Gasteiger charge is -2.35. The Morgan fingerprint density at radius 2 is 1.83 bits per heavy atom. The Bertz CT molecular complexity index is 152. The van der Waals surface area contributed by atoms with Crippen LogP contribution < -0.4 is 0 Å². The second-order valence-corrected chi connectivity index (χ2v) is 4.74. The second-order valence-electron chi connectivity index (χ2n) is 4.74. The molecule has 0 aromatic carbocycles. The van der Waals surface area contributed by atoms with E-state index in [-0.39, 0.29) is 5.54 Å². The molecule has 1 fully saturated rings. The summed E-state index contributed by atoms with van der Waals surface area (Å²) in [7, 11) is 0. The van der Waals surface area contributed by atoms with Gasteiger partial charge in [-0.1, -0.05) is 13.8 Å². The fourth-order valence-electron chi connectivity index (χ4n) is 2.09. The van der Waals surface area contributed by atoms with Crippen molar-refractivity contribution in [2.24, 2.45) is 16.8 Å². The van der Waals surface area contributed by atoms with Gasteiger partial charge in [0.2, 0.25) is 0 Å². The van der Waals surface area contributed by atoms with Crippen LogP contribution in [0.2, 0.25) is 0 Å². The Morgan fingerprint density at radius 1 is 1.33 bits per heavy atom. The zero-order valence-electron chi connectivity index (χ0n) is 8.64. The van der Waals surface area contributed by atoms with Crippen molar-refractivity contribution in [3.8, 4) is 0 Å². The molecule has 0 N–H and O–H groups in total. The van der Waals surface area contributed by atoms with Crippen LogP contribution in [0.5, 0.6) is 0 Å². The molecule has 12 heavy (non-hydrogen) atoms. The third kappa shape index (κ3) is 2.09. The van der Waals surface area contributed by atoms with Gasteiger partial charge in [-0.15, -0.1) is 0 Å². The smallest absolute Gasteiger partial charge is 0.0573 e. The first-order chi connectivity index (χ1) is 5.57. The molecule has 0 aromatic rings. The quantitative estimate of drug-likeness (QED) is 0.560. The van der Waals surface area contributed by atoms with Gasteiger partial charge in [0.15, 0.2) is 0 Å². The summed E-state index contributed by atoms with van der Waals surface area (Å²) >= 11 is 0. The van der Waals surface area contributed by atoms with Crippen LogP contribution in [0.15, 0.2) is 4.99 Å². The number of hydrogen-bond donors (Lipinski definition) is 0. The van der Waals surface area contributed by atoms with E-state index >= 15 is 0 Å².